The van der Waals surface area contributed by atoms with Gasteiger partial charge in [0.2, 0.25) is 5.78 Å². The Morgan fingerprint density at radius 1 is 0.950 bits per heavy atom. The van der Waals surface area contributed by atoms with E-state index in [1.165, 1.54) is 0 Å². The zero-order valence-corrected chi connectivity index (χ0v) is 10.0. The molecule has 2 aliphatic rings. The van der Waals surface area contributed by atoms with Gasteiger partial charge in [-0.2, -0.15) is 0 Å². The lowest BCUT2D eigenvalue weighted by atomic mass is 9.78. The lowest BCUT2D eigenvalue weighted by molar-refractivity contribution is -0.114. The van der Waals surface area contributed by atoms with E-state index in [-0.39, 0.29) is 34.4 Å². The zero-order valence-electron chi connectivity index (χ0n) is 10.0. The average Bonchev–Trinajstić information content (AvgIpc) is 2.34. The van der Waals surface area contributed by atoms with E-state index in [4.69, 9.17) is 0 Å². The summed E-state index contributed by atoms with van der Waals surface area (Å²) < 4.78 is 0. The molecule has 0 saturated carbocycles. The van der Waals surface area contributed by atoms with Crippen LogP contribution in [0, 0.1) is 0 Å². The molecular formula is C14H8O6. The van der Waals surface area contributed by atoms with Gasteiger partial charge in [-0.1, -0.05) is 0 Å². The standard InChI is InChI=1S/C14H8O6/c15-5-1-7-11(9(17)3-5)14(20)12-8(13(7)19)2-6(16)4-10(12)18/h1-3,15,17-18H,4H2. The van der Waals surface area contributed by atoms with Crippen molar-refractivity contribution in [1.82, 2.24) is 0 Å². The number of benzene rings is 1. The first-order chi connectivity index (χ1) is 9.40. The normalized spacial score (nSPS) is 17.8. The molecule has 0 amide bonds. The Balaban J connectivity index is 2.37. The van der Waals surface area contributed by atoms with Crippen LogP contribution in [0.15, 0.2) is 35.1 Å². The molecule has 0 heterocycles. The van der Waals surface area contributed by atoms with Crippen LogP contribution in [0.3, 0.4) is 0 Å². The number of aliphatic hydroxyl groups is 1. The van der Waals surface area contributed by atoms with Crippen molar-refractivity contribution in [2.75, 3.05) is 0 Å². The van der Waals surface area contributed by atoms with Crippen molar-refractivity contribution in [2.24, 2.45) is 0 Å². The number of phenolic OH excluding ortho intramolecular Hbond substituents is 2. The van der Waals surface area contributed by atoms with Crippen LogP contribution in [0.1, 0.15) is 27.1 Å². The summed E-state index contributed by atoms with van der Waals surface area (Å²) in [6.07, 6.45) is 0.644. The Labute approximate surface area is 112 Å². The molecule has 20 heavy (non-hydrogen) atoms. The average molecular weight is 272 g/mol. The number of ketones is 3. The smallest absolute Gasteiger partial charge is 0.201 e. The molecule has 6 nitrogen and oxygen atoms in total. The number of Topliss-reactive ketones (excluding diaryl/α,β-unsaturated/α-hetero) is 2. The van der Waals surface area contributed by atoms with Crippen LogP contribution in [-0.4, -0.2) is 32.7 Å². The molecule has 0 fully saturated rings. The maximum absolute atomic E-state index is 12.3. The molecule has 3 N–H and O–H groups in total. The molecule has 0 radical (unpaired) electrons. The van der Waals surface area contributed by atoms with Crippen LogP contribution in [0.5, 0.6) is 11.5 Å². The van der Waals surface area contributed by atoms with Crippen LogP contribution in [0.25, 0.3) is 0 Å². The predicted molar refractivity (Wildman–Crippen MR) is 65.8 cm³/mol. The fourth-order valence-electron chi connectivity index (χ4n) is 2.43. The maximum atomic E-state index is 12.3. The molecule has 2 aliphatic carbocycles. The third kappa shape index (κ3) is 1.48. The van der Waals surface area contributed by atoms with E-state index in [0.717, 1.165) is 18.2 Å². The summed E-state index contributed by atoms with van der Waals surface area (Å²) in [5.41, 5.74) is -0.935. The highest BCUT2D eigenvalue weighted by molar-refractivity contribution is 6.34. The largest absolute Gasteiger partial charge is 0.511 e. The first-order valence-electron chi connectivity index (χ1n) is 5.72. The molecule has 0 aliphatic heterocycles. The predicted octanol–water partition coefficient (Wildman–Crippen LogP) is 1.19. The van der Waals surface area contributed by atoms with Crippen molar-refractivity contribution in [2.45, 2.75) is 6.42 Å². The summed E-state index contributed by atoms with van der Waals surface area (Å²) in [7, 11) is 0. The van der Waals surface area contributed by atoms with E-state index >= 15 is 0 Å². The van der Waals surface area contributed by atoms with Crippen LogP contribution in [0.2, 0.25) is 0 Å². The Bertz CT molecular complexity index is 766. The summed E-state index contributed by atoms with van der Waals surface area (Å²) in [6.45, 7) is 0. The molecule has 0 unspecified atom stereocenters. The second-order valence-electron chi connectivity index (χ2n) is 4.57. The molecule has 0 atom stereocenters. The highest BCUT2D eigenvalue weighted by Crippen LogP contribution is 2.39. The fraction of sp³-hybridized carbons (Fsp3) is 0.0714. The summed E-state index contributed by atoms with van der Waals surface area (Å²) in [5, 5.41) is 28.9. The van der Waals surface area contributed by atoms with Gasteiger partial charge in [0, 0.05) is 17.2 Å². The topological polar surface area (TPSA) is 112 Å². The number of allylic oxidation sites excluding steroid dienone is 4. The van der Waals surface area contributed by atoms with Gasteiger partial charge in [-0.3, -0.25) is 14.4 Å². The number of carbonyl (C=O) groups excluding carboxylic acids is 3. The third-order valence-electron chi connectivity index (χ3n) is 3.25. The first-order valence-corrected chi connectivity index (χ1v) is 5.72. The molecule has 0 aromatic heterocycles. The minimum absolute atomic E-state index is 0.190. The minimum Gasteiger partial charge on any atom is -0.511 e. The second kappa shape index (κ2) is 3.80. The number of fused-ring (bicyclic) bond motifs is 2. The summed E-state index contributed by atoms with van der Waals surface area (Å²) >= 11 is 0. The number of hydrogen-bond donors (Lipinski definition) is 3. The molecule has 6 heteroatoms. The van der Waals surface area contributed by atoms with E-state index < -0.39 is 28.9 Å². The van der Waals surface area contributed by atoms with Crippen LogP contribution in [-0.2, 0) is 4.79 Å². The van der Waals surface area contributed by atoms with Crippen molar-refractivity contribution in [3.05, 3.63) is 46.2 Å². The second-order valence-corrected chi connectivity index (χ2v) is 4.57. The van der Waals surface area contributed by atoms with Crippen molar-refractivity contribution < 1.29 is 29.7 Å². The summed E-state index contributed by atoms with van der Waals surface area (Å²) in [6, 6.07) is 1.98. The molecule has 0 saturated heterocycles. The van der Waals surface area contributed by atoms with Gasteiger partial charge in [0.15, 0.2) is 11.6 Å². The number of aliphatic hydroxyl groups excluding tert-OH is 1. The molecule has 100 valence electrons. The van der Waals surface area contributed by atoms with Gasteiger partial charge < -0.3 is 15.3 Å². The van der Waals surface area contributed by atoms with Gasteiger partial charge in [-0.15, -0.1) is 0 Å². The van der Waals surface area contributed by atoms with E-state index in [1.807, 2.05) is 0 Å². The van der Waals surface area contributed by atoms with E-state index in [2.05, 4.69) is 0 Å². The van der Waals surface area contributed by atoms with E-state index in [0.29, 0.717) is 0 Å². The monoisotopic (exact) mass is 272 g/mol. The Morgan fingerprint density at radius 3 is 2.35 bits per heavy atom. The van der Waals surface area contributed by atoms with Crippen molar-refractivity contribution >= 4 is 17.3 Å². The number of phenols is 2. The summed E-state index contributed by atoms with van der Waals surface area (Å²) in [4.78, 5) is 35.9. The molecule has 3 rings (SSSR count). The summed E-state index contributed by atoms with van der Waals surface area (Å²) in [5.74, 6) is -3.33. The van der Waals surface area contributed by atoms with Gasteiger partial charge in [0.05, 0.1) is 17.6 Å². The Kier molecular flexibility index (Phi) is 2.31. The lowest BCUT2D eigenvalue weighted by Gasteiger charge is -2.23. The minimum atomic E-state index is -0.742. The molecular weight excluding hydrogens is 264 g/mol. The number of rotatable bonds is 0. The van der Waals surface area contributed by atoms with Crippen molar-refractivity contribution in [3.8, 4) is 11.5 Å². The number of hydrogen-bond acceptors (Lipinski definition) is 6. The van der Waals surface area contributed by atoms with Crippen LogP contribution < -0.4 is 0 Å². The van der Waals surface area contributed by atoms with Gasteiger partial charge in [-0.05, 0) is 12.1 Å². The number of carbonyl (C=O) groups is 3. The highest BCUT2D eigenvalue weighted by Gasteiger charge is 2.39. The SMILES string of the molecule is O=C1C=C2C(=O)c3cc(O)cc(O)c3C(=O)C2=C(O)C1. The molecule has 1 aromatic rings. The van der Waals surface area contributed by atoms with Gasteiger partial charge in [0.25, 0.3) is 0 Å². The van der Waals surface area contributed by atoms with E-state index in [1.54, 1.807) is 0 Å². The fourth-order valence-corrected chi connectivity index (χ4v) is 2.43. The van der Waals surface area contributed by atoms with Gasteiger partial charge >= 0.3 is 0 Å². The highest BCUT2D eigenvalue weighted by atomic mass is 16.3. The van der Waals surface area contributed by atoms with Crippen LogP contribution >= 0.6 is 0 Å². The quantitative estimate of drug-likeness (QED) is 0.654. The van der Waals surface area contributed by atoms with Crippen LogP contribution in [0.4, 0.5) is 0 Å². The van der Waals surface area contributed by atoms with Crippen molar-refractivity contribution in [3.63, 3.8) is 0 Å². The Morgan fingerprint density at radius 2 is 1.65 bits per heavy atom. The number of aromatic hydroxyl groups is 2. The molecule has 1 aromatic carbocycles. The Hall–Kier alpha value is -2.89. The maximum Gasteiger partial charge on any atom is 0.201 e. The lowest BCUT2D eigenvalue weighted by Crippen LogP contribution is -2.27. The molecule has 0 spiro atoms. The zero-order chi connectivity index (χ0) is 14.6. The third-order valence-corrected chi connectivity index (χ3v) is 3.25. The van der Waals surface area contributed by atoms with E-state index in [9.17, 15) is 29.7 Å². The van der Waals surface area contributed by atoms with Gasteiger partial charge in [-0.25, -0.2) is 0 Å². The first kappa shape index (κ1) is 12.2. The van der Waals surface area contributed by atoms with Gasteiger partial charge in [0.1, 0.15) is 17.3 Å². The van der Waals surface area contributed by atoms with Crippen molar-refractivity contribution in [1.29, 1.82) is 0 Å². The molecule has 0 bridgehead atoms.